The highest BCUT2D eigenvalue weighted by atomic mass is 14.9. The molecule has 0 amide bonds. The first kappa shape index (κ1) is 9.47. The lowest BCUT2D eigenvalue weighted by atomic mass is 9.93. The van der Waals surface area contributed by atoms with E-state index in [4.69, 9.17) is 0 Å². The minimum Gasteiger partial charge on any atom is -0.310 e. The molecule has 1 nitrogen and oxygen atoms in total. The van der Waals surface area contributed by atoms with E-state index in [1.807, 2.05) is 6.07 Å². The van der Waals surface area contributed by atoms with Crippen molar-refractivity contribution in [3.63, 3.8) is 0 Å². The van der Waals surface area contributed by atoms with Crippen LogP contribution >= 0.6 is 0 Å². The van der Waals surface area contributed by atoms with Crippen LogP contribution in [0.4, 0.5) is 0 Å². The second-order valence-corrected chi connectivity index (χ2v) is 3.89. The molecule has 1 N–H and O–H groups in total. The van der Waals surface area contributed by atoms with Crippen LogP contribution in [-0.4, -0.2) is 12.6 Å². The van der Waals surface area contributed by atoms with Crippen molar-refractivity contribution in [1.82, 2.24) is 5.32 Å². The van der Waals surface area contributed by atoms with Crippen molar-refractivity contribution >= 4 is 5.57 Å². The van der Waals surface area contributed by atoms with E-state index >= 15 is 0 Å². The van der Waals surface area contributed by atoms with Gasteiger partial charge in [0.2, 0.25) is 0 Å². The van der Waals surface area contributed by atoms with Crippen molar-refractivity contribution in [2.45, 2.75) is 25.3 Å². The zero-order chi connectivity index (χ0) is 9.80. The molecule has 1 heteroatoms. The minimum absolute atomic E-state index is 0.492. The molecule has 1 aliphatic rings. The number of benzene rings is 1. The molecule has 1 fully saturated rings. The van der Waals surface area contributed by atoms with Gasteiger partial charge < -0.3 is 5.32 Å². The van der Waals surface area contributed by atoms with Crippen molar-refractivity contribution < 1.29 is 0 Å². The van der Waals surface area contributed by atoms with Gasteiger partial charge in [0.25, 0.3) is 0 Å². The number of nitrogens with one attached hydrogen (secondary N) is 1. The molecule has 0 radical (unpaired) electrons. The van der Waals surface area contributed by atoms with Crippen LogP contribution in [0.15, 0.2) is 36.9 Å². The predicted molar refractivity (Wildman–Crippen MR) is 61.1 cm³/mol. The molecule has 2 rings (SSSR count). The van der Waals surface area contributed by atoms with Gasteiger partial charge in [-0.1, -0.05) is 43.3 Å². The Morgan fingerprint density at radius 2 is 2.00 bits per heavy atom. The van der Waals surface area contributed by atoms with Crippen LogP contribution in [0.25, 0.3) is 5.57 Å². The lowest BCUT2D eigenvalue weighted by Crippen LogP contribution is -2.34. The summed E-state index contributed by atoms with van der Waals surface area (Å²) in [5.41, 5.74) is 2.51. The highest BCUT2D eigenvalue weighted by Gasteiger charge is 2.16. The molecule has 1 aliphatic heterocycles. The van der Waals surface area contributed by atoms with E-state index in [-0.39, 0.29) is 0 Å². The fraction of sp³-hybridized carbons (Fsp3) is 0.385. The van der Waals surface area contributed by atoms with Crippen molar-refractivity contribution in [2.75, 3.05) is 6.54 Å². The number of hydrogen-bond acceptors (Lipinski definition) is 1. The van der Waals surface area contributed by atoms with E-state index in [0.29, 0.717) is 6.04 Å². The molecule has 1 saturated heterocycles. The zero-order valence-corrected chi connectivity index (χ0v) is 8.50. The first-order chi connectivity index (χ1) is 6.88. The van der Waals surface area contributed by atoms with Crippen molar-refractivity contribution in [3.8, 4) is 0 Å². The second-order valence-electron chi connectivity index (χ2n) is 3.89. The Bertz CT molecular complexity index is 296. The molecule has 1 atom stereocenters. The summed E-state index contributed by atoms with van der Waals surface area (Å²) in [7, 11) is 0. The highest BCUT2D eigenvalue weighted by Crippen LogP contribution is 2.21. The van der Waals surface area contributed by atoms with Gasteiger partial charge in [0, 0.05) is 6.04 Å². The fourth-order valence-electron chi connectivity index (χ4n) is 2.00. The largest absolute Gasteiger partial charge is 0.310 e. The maximum absolute atomic E-state index is 4.19. The Labute approximate surface area is 85.8 Å². The summed E-state index contributed by atoms with van der Waals surface area (Å²) in [6, 6.07) is 11.0. The van der Waals surface area contributed by atoms with Gasteiger partial charge in [-0.25, -0.2) is 0 Å². The molecule has 1 aromatic rings. The smallest absolute Gasteiger partial charge is 0.0320 e. The van der Waals surface area contributed by atoms with Crippen LogP contribution in [0.5, 0.6) is 0 Å². The molecule has 0 unspecified atom stereocenters. The Hall–Kier alpha value is -1.08. The minimum atomic E-state index is 0.492. The number of rotatable bonds is 2. The molecule has 0 saturated carbocycles. The van der Waals surface area contributed by atoms with Crippen LogP contribution in [0, 0.1) is 0 Å². The maximum Gasteiger partial charge on any atom is 0.0320 e. The molecule has 1 aromatic carbocycles. The normalized spacial score (nSPS) is 21.9. The third-order valence-electron chi connectivity index (χ3n) is 2.88. The lowest BCUT2D eigenvalue weighted by molar-refractivity contribution is 0.463. The van der Waals surface area contributed by atoms with Gasteiger partial charge in [0.05, 0.1) is 0 Å². The first-order valence-electron chi connectivity index (χ1n) is 5.35. The van der Waals surface area contributed by atoms with Crippen molar-refractivity contribution in [1.29, 1.82) is 0 Å². The highest BCUT2D eigenvalue weighted by molar-refractivity contribution is 5.67. The summed E-state index contributed by atoms with van der Waals surface area (Å²) in [5, 5.41) is 3.52. The van der Waals surface area contributed by atoms with E-state index in [2.05, 4.69) is 36.2 Å². The molecule has 1 heterocycles. The van der Waals surface area contributed by atoms with E-state index < -0.39 is 0 Å². The second kappa shape index (κ2) is 4.43. The van der Waals surface area contributed by atoms with Gasteiger partial charge in [-0.3, -0.25) is 0 Å². The third kappa shape index (κ3) is 2.05. The zero-order valence-electron chi connectivity index (χ0n) is 8.50. The summed E-state index contributed by atoms with van der Waals surface area (Å²) >= 11 is 0. The van der Waals surface area contributed by atoms with E-state index in [0.717, 1.165) is 6.54 Å². The summed E-state index contributed by atoms with van der Waals surface area (Å²) in [6.07, 6.45) is 3.86. The maximum atomic E-state index is 4.19. The molecule has 14 heavy (non-hydrogen) atoms. The van der Waals surface area contributed by atoms with Gasteiger partial charge in [0.1, 0.15) is 0 Å². The van der Waals surface area contributed by atoms with Crippen LogP contribution in [0.2, 0.25) is 0 Å². The Morgan fingerprint density at radius 3 is 2.64 bits per heavy atom. The topological polar surface area (TPSA) is 12.0 Å². The van der Waals surface area contributed by atoms with E-state index in [1.165, 1.54) is 30.4 Å². The average molecular weight is 187 g/mol. The SMILES string of the molecule is C=C(c1ccccc1)[C@H]1CCCCN1. The summed E-state index contributed by atoms with van der Waals surface area (Å²) in [5.74, 6) is 0. The van der Waals surface area contributed by atoms with Crippen LogP contribution in [0.1, 0.15) is 24.8 Å². The van der Waals surface area contributed by atoms with E-state index in [1.54, 1.807) is 0 Å². The van der Waals surface area contributed by atoms with Gasteiger partial charge in [-0.2, -0.15) is 0 Å². The quantitative estimate of drug-likeness (QED) is 0.750. The predicted octanol–water partition coefficient (Wildman–Crippen LogP) is 2.84. The number of hydrogen-bond donors (Lipinski definition) is 1. The molecule has 74 valence electrons. The van der Waals surface area contributed by atoms with Gasteiger partial charge in [-0.15, -0.1) is 0 Å². The fourth-order valence-corrected chi connectivity index (χ4v) is 2.00. The molecular formula is C13H17N. The Morgan fingerprint density at radius 1 is 1.21 bits per heavy atom. The average Bonchev–Trinajstić information content (AvgIpc) is 2.30. The summed E-state index contributed by atoms with van der Waals surface area (Å²) < 4.78 is 0. The monoisotopic (exact) mass is 187 g/mol. The van der Waals surface area contributed by atoms with Crippen molar-refractivity contribution in [2.24, 2.45) is 0 Å². The standard InChI is InChI=1S/C13H17N/c1-11(12-7-3-2-4-8-12)13-9-5-6-10-14-13/h2-4,7-8,13-14H,1,5-6,9-10H2/t13-/m1/s1. The molecular weight excluding hydrogens is 170 g/mol. The summed E-state index contributed by atoms with van der Waals surface area (Å²) in [4.78, 5) is 0. The number of piperidine rings is 1. The van der Waals surface area contributed by atoms with Crippen LogP contribution in [-0.2, 0) is 0 Å². The van der Waals surface area contributed by atoms with Crippen molar-refractivity contribution in [3.05, 3.63) is 42.5 Å². The molecule has 0 spiro atoms. The molecule has 0 bridgehead atoms. The van der Waals surface area contributed by atoms with Gasteiger partial charge in [0.15, 0.2) is 0 Å². The van der Waals surface area contributed by atoms with Crippen LogP contribution < -0.4 is 5.32 Å². The first-order valence-corrected chi connectivity index (χ1v) is 5.35. The Kier molecular flexibility index (Phi) is 3.00. The van der Waals surface area contributed by atoms with E-state index in [9.17, 15) is 0 Å². The summed E-state index contributed by atoms with van der Waals surface area (Å²) in [6.45, 7) is 5.32. The molecule has 0 aliphatic carbocycles. The van der Waals surface area contributed by atoms with Gasteiger partial charge >= 0.3 is 0 Å². The lowest BCUT2D eigenvalue weighted by Gasteiger charge is -2.25. The van der Waals surface area contributed by atoms with Gasteiger partial charge in [-0.05, 0) is 30.5 Å². The Balaban J connectivity index is 2.07. The van der Waals surface area contributed by atoms with Crippen LogP contribution in [0.3, 0.4) is 0 Å². The molecule has 0 aromatic heterocycles. The third-order valence-corrected chi connectivity index (χ3v) is 2.88.